The van der Waals surface area contributed by atoms with Crippen molar-refractivity contribution in [2.24, 2.45) is 0 Å². The molecule has 0 saturated carbocycles. The summed E-state index contributed by atoms with van der Waals surface area (Å²) in [5.74, 6) is 0.505. The van der Waals surface area contributed by atoms with Gasteiger partial charge in [-0.1, -0.05) is 6.07 Å². The van der Waals surface area contributed by atoms with Gasteiger partial charge in [-0.05, 0) is 32.0 Å². The van der Waals surface area contributed by atoms with E-state index in [1.807, 2.05) is 18.2 Å². The zero-order chi connectivity index (χ0) is 15.2. The summed E-state index contributed by atoms with van der Waals surface area (Å²) in [6.45, 7) is 3.58. The van der Waals surface area contributed by atoms with E-state index in [1.165, 1.54) is 16.1 Å². The van der Waals surface area contributed by atoms with Crippen molar-refractivity contribution in [1.29, 1.82) is 0 Å². The highest BCUT2D eigenvalue weighted by Crippen LogP contribution is 2.21. The van der Waals surface area contributed by atoms with Gasteiger partial charge in [-0.25, -0.2) is 8.42 Å². The monoisotopic (exact) mass is 318 g/mol. The second kappa shape index (κ2) is 7.87. The van der Waals surface area contributed by atoms with Crippen LogP contribution in [0.2, 0.25) is 0 Å². The lowest BCUT2D eigenvalue weighted by Gasteiger charge is -2.24. The SMILES string of the molecule is CC(C)N(CCO)S(=O)(=O)CCSc1cccc(N)c1. The molecule has 0 atom stereocenters. The number of nitrogens with two attached hydrogens (primary N) is 1. The fraction of sp³-hybridized carbons (Fsp3) is 0.538. The molecular weight excluding hydrogens is 296 g/mol. The molecule has 0 spiro atoms. The van der Waals surface area contributed by atoms with Crippen LogP contribution in [0.25, 0.3) is 0 Å². The van der Waals surface area contributed by atoms with Crippen LogP contribution in [-0.4, -0.2) is 48.5 Å². The third kappa shape index (κ3) is 5.32. The minimum Gasteiger partial charge on any atom is -0.399 e. The Balaban J connectivity index is 2.58. The molecule has 0 amide bonds. The van der Waals surface area contributed by atoms with E-state index < -0.39 is 10.0 Å². The van der Waals surface area contributed by atoms with Gasteiger partial charge in [0, 0.05) is 28.9 Å². The van der Waals surface area contributed by atoms with Crippen molar-refractivity contribution in [3.63, 3.8) is 0 Å². The van der Waals surface area contributed by atoms with Crippen molar-refractivity contribution in [2.75, 3.05) is 30.4 Å². The second-order valence-electron chi connectivity index (χ2n) is 4.67. The average molecular weight is 318 g/mol. The van der Waals surface area contributed by atoms with Crippen molar-refractivity contribution in [1.82, 2.24) is 4.31 Å². The predicted octanol–water partition coefficient (Wildman–Crippen LogP) is 1.39. The van der Waals surface area contributed by atoms with Gasteiger partial charge in [0.15, 0.2) is 0 Å². The van der Waals surface area contributed by atoms with Gasteiger partial charge < -0.3 is 10.8 Å². The molecule has 0 aliphatic heterocycles. The Morgan fingerprint density at radius 2 is 2.10 bits per heavy atom. The number of benzene rings is 1. The molecule has 1 aromatic carbocycles. The molecule has 0 saturated heterocycles. The smallest absolute Gasteiger partial charge is 0.215 e. The highest BCUT2D eigenvalue weighted by Gasteiger charge is 2.23. The van der Waals surface area contributed by atoms with Crippen LogP contribution in [0.1, 0.15) is 13.8 Å². The van der Waals surface area contributed by atoms with Crippen LogP contribution in [-0.2, 0) is 10.0 Å². The normalized spacial score (nSPS) is 12.2. The van der Waals surface area contributed by atoms with Crippen LogP contribution >= 0.6 is 11.8 Å². The molecule has 0 aliphatic carbocycles. The Morgan fingerprint density at radius 1 is 1.40 bits per heavy atom. The number of hydrogen-bond donors (Lipinski definition) is 2. The van der Waals surface area contributed by atoms with Gasteiger partial charge in [0.05, 0.1) is 12.4 Å². The summed E-state index contributed by atoms with van der Waals surface area (Å²) in [6, 6.07) is 7.22. The van der Waals surface area contributed by atoms with Gasteiger partial charge >= 0.3 is 0 Å². The van der Waals surface area contributed by atoms with Gasteiger partial charge in [-0.2, -0.15) is 4.31 Å². The quantitative estimate of drug-likeness (QED) is 0.559. The summed E-state index contributed by atoms with van der Waals surface area (Å²) >= 11 is 1.46. The van der Waals surface area contributed by atoms with Crippen LogP contribution in [0.5, 0.6) is 0 Å². The molecule has 0 aliphatic rings. The van der Waals surface area contributed by atoms with E-state index in [2.05, 4.69) is 0 Å². The maximum atomic E-state index is 12.2. The van der Waals surface area contributed by atoms with Crippen LogP contribution in [0.15, 0.2) is 29.2 Å². The summed E-state index contributed by atoms with van der Waals surface area (Å²) in [6.07, 6.45) is 0. The number of aliphatic hydroxyl groups excluding tert-OH is 1. The molecule has 0 aromatic heterocycles. The van der Waals surface area contributed by atoms with Crippen molar-refractivity contribution >= 4 is 27.5 Å². The summed E-state index contributed by atoms with van der Waals surface area (Å²) < 4.78 is 25.7. The maximum Gasteiger partial charge on any atom is 0.215 e. The van der Waals surface area contributed by atoms with Crippen LogP contribution in [0, 0.1) is 0 Å². The zero-order valence-corrected chi connectivity index (χ0v) is 13.5. The largest absolute Gasteiger partial charge is 0.399 e. The zero-order valence-electron chi connectivity index (χ0n) is 11.8. The Morgan fingerprint density at radius 3 is 2.65 bits per heavy atom. The molecule has 0 bridgehead atoms. The maximum absolute atomic E-state index is 12.2. The summed E-state index contributed by atoms with van der Waals surface area (Å²) in [5.41, 5.74) is 6.34. The Kier molecular flexibility index (Phi) is 6.81. The molecule has 20 heavy (non-hydrogen) atoms. The molecular formula is C13H22N2O3S2. The Hall–Kier alpha value is -0.760. The Bertz CT molecular complexity index is 518. The van der Waals surface area contributed by atoms with Gasteiger partial charge in [0.25, 0.3) is 0 Å². The van der Waals surface area contributed by atoms with Gasteiger partial charge in [-0.15, -0.1) is 11.8 Å². The Labute approximate surface area is 125 Å². The van der Waals surface area contributed by atoms with Crippen LogP contribution in [0.3, 0.4) is 0 Å². The molecule has 0 fully saturated rings. The van der Waals surface area contributed by atoms with E-state index in [0.717, 1.165) is 4.90 Å². The van der Waals surface area contributed by atoms with E-state index in [0.29, 0.717) is 11.4 Å². The van der Waals surface area contributed by atoms with Crippen molar-refractivity contribution in [2.45, 2.75) is 24.8 Å². The topological polar surface area (TPSA) is 83.6 Å². The lowest BCUT2D eigenvalue weighted by atomic mass is 10.3. The predicted molar refractivity (Wildman–Crippen MR) is 84.3 cm³/mol. The molecule has 1 aromatic rings. The first kappa shape index (κ1) is 17.3. The minimum atomic E-state index is -3.34. The van der Waals surface area contributed by atoms with E-state index >= 15 is 0 Å². The van der Waals surface area contributed by atoms with Crippen LogP contribution in [0.4, 0.5) is 5.69 Å². The number of thioether (sulfide) groups is 1. The number of nitrogens with zero attached hydrogens (tertiary/aromatic N) is 1. The van der Waals surface area contributed by atoms with Crippen molar-refractivity contribution < 1.29 is 13.5 Å². The van der Waals surface area contributed by atoms with Crippen molar-refractivity contribution in [3.05, 3.63) is 24.3 Å². The third-order valence-corrected chi connectivity index (χ3v) is 6.01. The second-order valence-corrected chi connectivity index (χ2v) is 7.87. The molecule has 0 radical (unpaired) electrons. The van der Waals surface area contributed by atoms with E-state index in [1.54, 1.807) is 19.9 Å². The number of sulfonamides is 1. The molecule has 5 nitrogen and oxygen atoms in total. The summed E-state index contributed by atoms with van der Waals surface area (Å²) in [7, 11) is -3.34. The first-order valence-corrected chi connectivity index (χ1v) is 9.05. The van der Waals surface area contributed by atoms with E-state index in [9.17, 15) is 8.42 Å². The number of anilines is 1. The van der Waals surface area contributed by atoms with Gasteiger partial charge in [0.2, 0.25) is 10.0 Å². The van der Waals surface area contributed by atoms with Gasteiger partial charge in [-0.3, -0.25) is 0 Å². The van der Waals surface area contributed by atoms with E-state index in [4.69, 9.17) is 10.8 Å². The first-order chi connectivity index (χ1) is 9.36. The molecule has 0 unspecified atom stereocenters. The number of rotatable bonds is 8. The average Bonchev–Trinajstić information content (AvgIpc) is 2.35. The highest BCUT2D eigenvalue weighted by atomic mass is 32.2. The fourth-order valence-corrected chi connectivity index (χ4v) is 4.85. The molecule has 114 valence electrons. The third-order valence-electron chi connectivity index (χ3n) is 2.72. The van der Waals surface area contributed by atoms with Gasteiger partial charge in [0.1, 0.15) is 0 Å². The molecule has 3 N–H and O–H groups in total. The van der Waals surface area contributed by atoms with Crippen LogP contribution < -0.4 is 5.73 Å². The highest BCUT2D eigenvalue weighted by molar-refractivity contribution is 8.00. The number of nitrogen functional groups attached to an aromatic ring is 1. The first-order valence-electron chi connectivity index (χ1n) is 6.45. The minimum absolute atomic E-state index is 0.0463. The summed E-state index contributed by atoms with van der Waals surface area (Å²) in [5, 5.41) is 8.96. The molecule has 1 rings (SSSR count). The fourth-order valence-electron chi connectivity index (χ4n) is 1.80. The number of aliphatic hydroxyl groups is 1. The van der Waals surface area contributed by atoms with E-state index in [-0.39, 0.29) is 24.9 Å². The summed E-state index contributed by atoms with van der Waals surface area (Å²) in [4.78, 5) is 0.957. The lowest BCUT2D eigenvalue weighted by molar-refractivity contribution is 0.237. The lowest BCUT2D eigenvalue weighted by Crippen LogP contribution is -2.40. The van der Waals surface area contributed by atoms with Crippen molar-refractivity contribution in [3.8, 4) is 0 Å². The molecule has 0 heterocycles. The number of hydrogen-bond acceptors (Lipinski definition) is 5. The standard InChI is InChI=1S/C13H22N2O3S2/c1-11(2)15(6-7-16)20(17,18)9-8-19-13-5-3-4-12(14)10-13/h3-5,10-11,16H,6-9,14H2,1-2H3. The molecule has 7 heteroatoms.